The molecule has 2 unspecified atom stereocenters. The Morgan fingerprint density at radius 1 is 1.45 bits per heavy atom. The van der Waals surface area contributed by atoms with Gasteiger partial charge in [-0.3, -0.25) is 9.69 Å². The average Bonchev–Trinajstić information content (AvgIpc) is 3.28. The van der Waals surface area contributed by atoms with Gasteiger partial charge in [0.05, 0.1) is 12.7 Å². The van der Waals surface area contributed by atoms with Crippen molar-refractivity contribution in [2.45, 2.75) is 51.2 Å². The van der Waals surface area contributed by atoms with Crippen LogP contribution in [0.25, 0.3) is 0 Å². The van der Waals surface area contributed by atoms with E-state index in [9.17, 15) is 9.90 Å². The van der Waals surface area contributed by atoms with E-state index in [-0.39, 0.29) is 12.0 Å². The van der Waals surface area contributed by atoms with Crippen LogP contribution in [-0.4, -0.2) is 60.4 Å². The second-order valence-electron chi connectivity index (χ2n) is 6.11. The van der Waals surface area contributed by atoms with Gasteiger partial charge in [0.2, 0.25) is 0 Å². The maximum atomic E-state index is 11.9. The fraction of sp³-hybridized carbons (Fsp3) is 0.933. The monoisotopic (exact) mass is 284 g/mol. The molecule has 0 radical (unpaired) electrons. The molecule has 1 heterocycles. The van der Waals surface area contributed by atoms with Crippen LogP contribution in [0.4, 0.5) is 0 Å². The molecule has 1 aliphatic heterocycles. The second kappa shape index (κ2) is 6.87. The molecule has 2 N–H and O–H groups in total. The van der Waals surface area contributed by atoms with Crippen molar-refractivity contribution in [2.24, 2.45) is 5.92 Å². The number of ether oxygens (including phenoxy) is 1. The highest BCUT2D eigenvalue weighted by Gasteiger charge is 2.51. The SMILES string of the molecule is CCCNC(CN1CCOC(CC)C1)(C(=O)O)C1CC1. The number of aliphatic carboxylic acids is 1. The number of carboxylic acids is 1. The number of nitrogens with one attached hydrogen (secondary N) is 1. The van der Waals surface area contributed by atoms with Crippen LogP contribution in [0.15, 0.2) is 0 Å². The van der Waals surface area contributed by atoms with Gasteiger partial charge in [0.1, 0.15) is 5.54 Å². The van der Waals surface area contributed by atoms with Gasteiger partial charge >= 0.3 is 5.97 Å². The summed E-state index contributed by atoms with van der Waals surface area (Å²) in [5.74, 6) is -0.400. The lowest BCUT2D eigenvalue weighted by atomic mass is 9.91. The van der Waals surface area contributed by atoms with Crippen LogP contribution in [0.2, 0.25) is 0 Å². The molecule has 116 valence electrons. The lowest BCUT2D eigenvalue weighted by Gasteiger charge is -2.40. The molecular formula is C15H28N2O3. The molecule has 5 nitrogen and oxygen atoms in total. The fourth-order valence-corrected chi connectivity index (χ4v) is 3.10. The quantitative estimate of drug-likeness (QED) is 0.704. The van der Waals surface area contributed by atoms with Gasteiger partial charge in [-0.25, -0.2) is 0 Å². The summed E-state index contributed by atoms with van der Waals surface area (Å²) >= 11 is 0. The van der Waals surface area contributed by atoms with E-state index in [2.05, 4.69) is 24.1 Å². The lowest BCUT2D eigenvalue weighted by Crippen LogP contribution is -2.62. The molecule has 2 rings (SSSR count). The Morgan fingerprint density at radius 3 is 2.75 bits per heavy atom. The summed E-state index contributed by atoms with van der Waals surface area (Å²) in [6, 6.07) is 0. The summed E-state index contributed by atoms with van der Waals surface area (Å²) in [6.07, 6.45) is 4.26. The molecule has 0 aromatic rings. The molecular weight excluding hydrogens is 256 g/mol. The van der Waals surface area contributed by atoms with Gasteiger partial charge in [-0.2, -0.15) is 0 Å². The van der Waals surface area contributed by atoms with Gasteiger partial charge in [-0.1, -0.05) is 13.8 Å². The zero-order valence-electron chi connectivity index (χ0n) is 12.7. The van der Waals surface area contributed by atoms with Crippen LogP contribution < -0.4 is 5.32 Å². The molecule has 1 saturated heterocycles. The number of nitrogens with zero attached hydrogens (tertiary/aromatic N) is 1. The normalized spacial score (nSPS) is 27.2. The Bertz CT molecular complexity index is 333. The number of hydrogen-bond donors (Lipinski definition) is 2. The van der Waals surface area contributed by atoms with E-state index in [0.29, 0.717) is 13.2 Å². The Morgan fingerprint density at radius 2 is 2.20 bits per heavy atom. The van der Waals surface area contributed by atoms with Crippen molar-refractivity contribution in [2.75, 3.05) is 32.8 Å². The molecule has 2 aliphatic rings. The fourth-order valence-electron chi connectivity index (χ4n) is 3.10. The molecule has 0 amide bonds. The first-order valence-electron chi connectivity index (χ1n) is 7.94. The zero-order valence-corrected chi connectivity index (χ0v) is 12.7. The van der Waals surface area contributed by atoms with Gasteiger partial charge in [-0.05, 0) is 38.1 Å². The smallest absolute Gasteiger partial charge is 0.325 e. The standard InChI is InChI=1S/C15H28N2O3/c1-3-7-16-15(14(18)19,12-5-6-12)11-17-8-9-20-13(4-2)10-17/h12-13,16H,3-11H2,1-2H3,(H,18,19). The van der Waals surface area contributed by atoms with Gasteiger partial charge < -0.3 is 15.2 Å². The van der Waals surface area contributed by atoms with Crippen molar-refractivity contribution < 1.29 is 14.6 Å². The van der Waals surface area contributed by atoms with E-state index in [1.807, 2.05) is 0 Å². The minimum absolute atomic E-state index is 0.251. The van der Waals surface area contributed by atoms with E-state index in [0.717, 1.165) is 45.3 Å². The molecule has 0 aromatic carbocycles. The molecule has 5 heteroatoms. The largest absolute Gasteiger partial charge is 0.480 e. The zero-order chi connectivity index (χ0) is 14.6. The van der Waals surface area contributed by atoms with E-state index in [1.165, 1.54) is 0 Å². The summed E-state index contributed by atoms with van der Waals surface area (Å²) in [6.45, 7) is 7.98. The molecule has 0 aromatic heterocycles. The highest BCUT2D eigenvalue weighted by atomic mass is 16.5. The Labute approximate surface area is 121 Å². The molecule has 0 spiro atoms. The van der Waals surface area contributed by atoms with Gasteiger partial charge in [0, 0.05) is 19.6 Å². The minimum Gasteiger partial charge on any atom is -0.480 e. The topological polar surface area (TPSA) is 61.8 Å². The molecule has 1 aliphatic carbocycles. The molecule has 20 heavy (non-hydrogen) atoms. The van der Waals surface area contributed by atoms with E-state index < -0.39 is 11.5 Å². The average molecular weight is 284 g/mol. The molecule has 2 fully saturated rings. The van der Waals surface area contributed by atoms with Crippen LogP contribution in [0, 0.1) is 5.92 Å². The van der Waals surface area contributed by atoms with Crippen LogP contribution in [0.1, 0.15) is 39.5 Å². The van der Waals surface area contributed by atoms with Crippen LogP contribution in [-0.2, 0) is 9.53 Å². The summed E-state index contributed by atoms with van der Waals surface area (Å²) in [5.41, 5.74) is -0.758. The number of morpholine rings is 1. The van der Waals surface area contributed by atoms with Crippen molar-refractivity contribution in [3.8, 4) is 0 Å². The third kappa shape index (κ3) is 3.51. The van der Waals surface area contributed by atoms with Gasteiger partial charge in [0.15, 0.2) is 0 Å². The third-order valence-electron chi connectivity index (χ3n) is 4.50. The second-order valence-corrected chi connectivity index (χ2v) is 6.11. The summed E-state index contributed by atoms with van der Waals surface area (Å²) in [4.78, 5) is 14.2. The van der Waals surface area contributed by atoms with E-state index in [1.54, 1.807) is 0 Å². The van der Waals surface area contributed by atoms with Gasteiger partial charge in [0.25, 0.3) is 0 Å². The predicted octanol–water partition coefficient (Wildman–Crippen LogP) is 1.33. The first-order chi connectivity index (χ1) is 9.62. The Kier molecular flexibility index (Phi) is 5.41. The molecule has 1 saturated carbocycles. The van der Waals surface area contributed by atoms with E-state index >= 15 is 0 Å². The number of carbonyl (C=O) groups is 1. The third-order valence-corrected chi connectivity index (χ3v) is 4.50. The Hall–Kier alpha value is -0.650. The van der Waals surface area contributed by atoms with Crippen molar-refractivity contribution >= 4 is 5.97 Å². The van der Waals surface area contributed by atoms with Gasteiger partial charge in [-0.15, -0.1) is 0 Å². The summed E-state index contributed by atoms with van der Waals surface area (Å²) in [7, 11) is 0. The van der Waals surface area contributed by atoms with Crippen LogP contribution in [0.3, 0.4) is 0 Å². The first-order valence-corrected chi connectivity index (χ1v) is 7.94. The lowest BCUT2D eigenvalue weighted by molar-refractivity contribution is -0.148. The predicted molar refractivity (Wildman–Crippen MR) is 77.9 cm³/mol. The highest BCUT2D eigenvalue weighted by Crippen LogP contribution is 2.40. The minimum atomic E-state index is -0.758. The number of hydrogen-bond acceptors (Lipinski definition) is 4. The van der Waals surface area contributed by atoms with Crippen molar-refractivity contribution in [3.05, 3.63) is 0 Å². The summed E-state index contributed by atoms with van der Waals surface area (Å²) < 4.78 is 5.68. The Balaban J connectivity index is 2.04. The van der Waals surface area contributed by atoms with Crippen LogP contribution in [0.5, 0.6) is 0 Å². The van der Waals surface area contributed by atoms with Crippen molar-refractivity contribution in [1.82, 2.24) is 10.2 Å². The maximum Gasteiger partial charge on any atom is 0.325 e. The highest BCUT2D eigenvalue weighted by molar-refractivity contribution is 5.80. The number of carboxylic acid groups (broad SMARTS) is 1. The number of rotatable bonds is 8. The first kappa shape index (κ1) is 15.7. The van der Waals surface area contributed by atoms with Crippen molar-refractivity contribution in [1.29, 1.82) is 0 Å². The molecule has 0 bridgehead atoms. The molecule has 2 atom stereocenters. The maximum absolute atomic E-state index is 11.9. The van der Waals surface area contributed by atoms with E-state index in [4.69, 9.17) is 4.74 Å². The van der Waals surface area contributed by atoms with Crippen LogP contribution >= 0.6 is 0 Å². The van der Waals surface area contributed by atoms with Crippen molar-refractivity contribution in [3.63, 3.8) is 0 Å². The summed E-state index contributed by atoms with van der Waals surface area (Å²) in [5, 5.41) is 13.1.